The van der Waals surface area contributed by atoms with Gasteiger partial charge in [-0.1, -0.05) is 25.0 Å². The molecule has 0 N–H and O–H groups in total. The van der Waals surface area contributed by atoms with Crippen LogP contribution in [0.4, 0.5) is 0 Å². The van der Waals surface area contributed by atoms with Gasteiger partial charge in [-0.2, -0.15) is 0 Å². The lowest BCUT2D eigenvalue weighted by atomic mass is 10.2. The predicted octanol–water partition coefficient (Wildman–Crippen LogP) is 4.13. The predicted molar refractivity (Wildman–Crippen MR) is 120 cm³/mol. The molecule has 0 atom stereocenters. The van der Waals surface area contributed by atoms with E-state index >= 15 is 0 Å². The Hall–Kier alpha value is -3.94. The first kappa shape index (κ1) is 17.7. The van der Waals surface area contributed by atoms with E-state index in [1.54, 1.807) is 10.9 Å². The molecular formula is C24H19N5O3. The van der Waals surface area contributed by atoms with Crippen molar-refractivity contribution in [1.29, 1.82) is 0 Å². The largest absolute Gasteiger partial charge is 0.454 e. The van der Waals surface area contributed by atoms with E-state index in [0.717, 1.165) is 42.4 Å². The van der Waals surface area contributed by atoms with E-state index in [9.17, 15) is 4.79 Å². The van der Waals surface area contributed by atoms with Crippen molar-refractivity contribution in [3.05, 3.63) is 59.1 Å². The lowest BCUT2D eigenvalue weighted by Crippen LogP contribution is -2.23. The molecule has 0 bridgehead atoms. The van der Waals surface area contributed by atoms with Gasteiger partial charge in [0.1, 0.15) is 17.2 Å². The normalized spacial score (nSPS) is 16.0. The van der Waals surface area contributed by atoms with Crippen molar-refractivity contribution >= 4 is 33.2 Å². The Morgan fingerprint density at radius 1 is 0.906 bits per heavy atom. The number of hydrogen-bond donors (Lipinski definition) is 0. The molecule has 32 heavy (non-hydrogen) atoms. The smallest absolute Gasteiger partial charge is 0.265 e. The molecule has 0 unspecified atom stereocenters. The zero-order valence-electron chi connectivity index (χ0n) is 17.2. The Kier molecular flexibility index (Phi) is 3.61. The molecule has 3 aromatic heterocycles. The number of fused-ring (bicyclic) bond motifs is 5. The average molecular weight is 425 g/mol. The Morgan fingerprint density at radius 2 is 1.69 bits per heavy atom. The molecular weight excluding hydrogens is 406 g/mol. The van der Waals surface area contributed by atoms with Crippen LogP contribution in [0.15, 0.2) is 53.6 Å². The summed E-state index contributed by atoms with van der Waals surface area (Å²) in [6.45, 7) is 0.195. The number of rotatable bonds is 2. The molecule has 0 radical (unpaired) electrons. The fourth-order valence-electron chi connectivity index (χ4n) is 4.96. The molecule has 8 nitrogen and oxygen atoms in total. The minimum absolute atomic E-state index is 0.0593. The minimum Gasteiger partial charge on any atom is -0.454 e. The van der Waals surface area contributed by atoms with Gasteiger partial charge in [0.25, 0.3) is 5.56 Å². The van der Waals surface area contributed by atoms with Crippen LogP contribution >= 0.6 is 0 Å². The molecule has 8 heteroatoms. The summed E-state index contributed by atoms with van der Waals surface area (Å²) in [7, 11) is 0. The SMILES string of the molecule is O=c1c2c3nc4ccccc4nc3n(-c3ccc4c(c3)OCO4)c2ncn1C1CCCC1. The highest BCUT2D eigenvalue weighted by atomic mass is 16.7. The summed E-state index contributed by atoms with van der Waals surface area (Å²) >= 11 is 0. The average Bonchev–Trinajstić information content (AvgIpc) is 3.56. The maximum absolute atomic E-state index is 13.7. The third-order valence-corrected chi connectivity index (χ3v) is 6.52. The number of para-hydroxylation sites is 2. The van der Waals surface area contributed by atoms with Gasteiger partial charge in [0.15, 0.2) is 22.8 Å². The third kappa shape index (κ3) is 2.43. The number of nitrogens with zero attached hydrogens (tertiary/aromatic N) is 5. The maximum atomic E-state index is 13.7. The fourth-order valence-corrected chi connectivity index (χ4v) is 4.96. The van der Waals surface area contributed by atoms with Crippen LogP contribution in [-0.4, -0.2) is 30.9 Å². The van der Waals surface area contributed by atoms with Crippen LogP contribution < -0.4 is 15.0 Å². The van der Waals surface area contributed by atoms with Crippen molar-refractivity contribution in [3.8, 4) is 17.2 Å². The zero-order valence-corrected chi connectivity index (χ0v) is 17.2. The Labute approximate surface area is 182 Å². The molecule has 1 aliphatic carbocycles. The van der Waals surface area contributed by atoms with Crippen LogP contribution in [0.1, 0.15) is 31.7 Å². The molecule has 1 saturated carbocycles. The number of benzene rings is 2. The molecule has 158 valence electrons. The summed E-state index contributed by atoms with van der Waals surface area (Å²) in [6, 6.07) is 13.6. The Morgan fingerprint density at radius 3 is 2.53 bits per heavy atom. The minimum atomic E-state index is -0.0593. The second kappa shape index (κ2) is 6.53. The summed E-state index contributed by atoms with van der Waals surface area (Å²) in [4.78, 5) is 28.2. The van der Waals surface area contributed by atoms with Gasteiger partial charge in [-0.3, -0.25) is 13.9 Å². The Bertz CT molecular complexity index is 1600. The first-order valence-corrected chi connectivity index (χ1v) is 10.9. The third-order valence-electron chi connectivity index (χ3n) is 6.52. The molecule has 5 aromatic rings. The quantitative estimate of drug-likeness (QED) is 0.423. The van der Waals surface area contributed by atoms with Crippen LogP contribution in [0.3, 0.4) is 0 Å². The van der Waals surface area contributed by atoms with Gasteiger partial charge < -0.3 is 9.47 Å². The number of ether oxygens (including phenoxy) is 2. The summed E-state index contributed by atoms with van der Waals surface area (Å²) in [5.74, 6) is 1.35. The highest BCUT2D eigenvalue weighted by molar-refractivity contribution is 6.05. The fraction of sp³-hybridized carbons (Fsp3) is 0.250. The highest BCUT2D eigenvalue weighted by Gasteiger charge is 2.25. The molecule has 2 aliphatic rings. The standard InChI is InChI=1S/C24H19N5O3/c30-24-20-21-23(27-17-8-4-3-7-16(17)26-21)29(15-9-10-18-19(11-15)32-13-31-18)22(20)25-12-28(24)14-5-1-2-6-14/h3-4,7-12,14H,1-2,5-6,13H2. The van der Waals surface area contributed by atoms with Crippen LogP contribution in [0.2, 0.25) is 0 Å². The van der Waals surface area contributed by atoms with E-state index in [1.807, 2.05) is 47.0 Å². The van der Waals surface area contributed by atoms with Gasteiger partial charge >= 0.3 is 0 Å². The van der Waals surface area contributed by atoms with E-state index in [-0.39, 0.29) is 18.4 Å². The number of aromatic nitrogens is 5. The monoisotopic (exact) mass is 425 g/mol. The van der Waals surface area contributed by atoms with Gasteiger partial charge in [0.2, 0.25) is 6.79 Å². The van der Waals surface area contributed by atoms with Crippen LogP contribution in [0.5, 0.6) is 11.5 Å². The summed E-state index contributed by atoms with van der Waals surface area (Å²) in [5, 5.41) is 0.505. The molecule has 1 fully saturated rings. The van der Waals surface area contributed by atoms with Crippen LogP contribution in [0, 0.1) is 0 Å². The lowest BCUT2D eigenvalue weighted by Gasteiger charge is -2.13. The highest BCUT2D eigenvalue weighted by Crippen LogP contribution is 2.36. The van der Waals surface area contributed by atoms with Gasteiger partial charge in [-0.15, -0.1) is 0 Å². The van der Waals surface area contributed by atoms with Crippen molar-refractivity contribution in [2.75, 3.05) is 6.79 Å². The molecule has 0 spiro atoms. The molecule has 7 rings (SSSR count). The van der Waals surface area contributed by atoms with E-state index < -0.39 is 0 Å². The maximum Gasteiger partial charge on any atom is 0.265 e. The summed E-state index contributed by atoms with van der Waals surface area (Å²) in [6.07, 6.45) is 5.96. The Balaban J connectivity index is 1.60. The van der Waals surface area contributed by atoms with E-state index in [0.29, 0.717) is 33.7 Å². The zero-order chi connectivity index (χ0) is 21.2. The van der Waals surface area contributed by atoms with Crippen molar-refractivity contribution in [1.82, 2.24) is 24.1 Å². The molecule has 0 saturated heterocycles. The molecule has 4 heterocycles. The van der Waals surface area contributed by atoms with Gasteiger partial charge in [0, 0.05) is 12.1 Å². The van der Waals surface area contributed by atoms with Gasteiger partial charge in [0.05, 0.1) is 16.7 Å². The van der Waals surface area contributed by atoms with Crippen LogP contribution in [-0.2, 0) is 0 Å². The second-order valence-corrected chi connectivity index (χ2v) is 8.35. The van der Waals surface area contributed by atoms with Crippen molar-refractivity contribution in [3.63, 3.8) is 0 Å². The van der Waals surface area contributed by atoms with E-state index in [4.69, 9.17) is 24.4 Å². The molecule has 0 amide bonds. The second-order valence-electron chi connectivity index (χ2n) is 8.35. The summed E-state index contributed by atoms with van der Waals surface area (Å²) < 4.78 is 14.7. The number of hydrogen-bond acceptors (Lipinski definition) is 6. The van der Waals surface area contributed by atoms with E-state index in [1.165, 1.54) is 0 Å². The van der Waals surface area contributed by atoms with Crippen molar-refractivity contribution < 1.29 is 9.47 Å². The van der Waals surface area contributed by atoms with Crippen molar-refractivity contribution in [2.24, 2.45) is 0 Å². The van der Waals surface area contributed by atoms with Gasteiger partial charge in [-0.25, -0.2) is 15.0 Å². The topological polar surface area (TPSA) is 84.1 Å². The van der Waals surface area contributed by atoms with E-state index in [2.05, 4.69) is 0 Å². The molecule has 1 aliphatic heterocycles. The first-order chi connectivity index (χ1) is 15.8. The first-order valence-electron chi connectivity index (χ1n) is 10.9. The lowest BCUT2D eigenvalue weighted by molar-refractivity contribution is 0.174. The molecule has 2 aromatic carbocycles. The van der Waals surface area contributed by atoms with Gasteiger partial charge in [-0.05, 0) is 37.1 Å². The van der Waals surface area contributed by atoms with Crippen molar-refractivity contribution in [2.45, 2.75) is 31.7 Å². The summed E-state index contributed by atoms with van der Waals surface area (Å²) in [5.41, 5.74) is 3.97. The van der Waals surface area contributed by atoms with Crippen LogP contribution in [0.25, 0.3) is 38.9 Å².